The maximum atomic E-state index is 14.5. The Hall–Kier alpha value is -3.94. The van der Waals surface area contributed by atoms with Crippen molar-refractivity contribution in [1.29, 1.82) is 0 Å². The molecule has 1 aliphatic heterocycles. The number of unbranched alkanes of at least 4 members (excludes halogenated alkanes) is 2. The Morgan fingerprint density at radius 1 is 1.02 bits per heavy atom. The molecule has 2 aromatic rings. The number of hydrogen-bond acceptors (Lipinski definition) is 9. The van der Waals surface area contributed by atoms with Gasteiger partial charge in [0.1, 0.15) is 29.3 Å². The molecule has 2 heterocycles. The molecule has 3 N–H and O–H groups in total. The number of nitrogens with zero attached hydrogens (tertiary/aromatic N) is 2. The van der Waals surface area contributed by atoms with Crippen molar-refractivity contribution in [3.63, 3.8) is 0 Å². The van der Waals surface area contributed by atoms with Gasteiger partial charge in [0.15, 0.2) is 0 Å². The molecule has 4 amide bonds. The van der Waals surface area contributed by atoms with Crippen molar-refractivity contribution in [3.8, 4) is 5.88 Å². The summed E-state index contributed by atoms with van der Waals surface area (Å²) in [6.07, 6.45) is 6.75. The quantitative estimate of drug-likeness (QED) is 0.188. The van der Waals surface area contributed by atoms with Crippen molar-refractivity contribution >= 4 is 44.6 Å². The number of pyridine rings is 1. The SMILES string of the molecule is CCCC[C@@H]1C[C@]1(NC(=O)[C@@H]1C[C@@H](Oc2nccc3ccccc23)CN1C(=O)[C@H](CCCC)NC(=O)OC(C)(C)C)C(=O)NS(=O)(=O)C1(CCC)CC1. The number of nitrogens with one attached hydrogen (secondary N) is 3. The fraction of sp³-hybridized carbons (Fsp3) is 0.667. The number of likely N-dealkylation sites (tertiary alicyclic amines) is 1. The summed E-state index contributed by atoms with van der Waals surface area (Å²) >= 11 is 0. The molecule has 13 nitrogen and oxygen atoms in total. The number of rotatable bonds is 17. The Balaban J connectivity index is 1.43. The molecule has 53 heavy (non-hydrogen) atoms. The van der Waals surface area contributed by atoms with Gasteiger partial charge in [0.25, 0.3) is 5.91 Å². The van der Waals surface area contributed by atoms with Crippen molar-refractivity contribution in [2.45, 2.75) is 153 Å². The third-order valence-corrected chi connectivity index (χ3v) is 12.9. The van der Waals surface area contributed by atoms with Gasteiger partial charge >= 0.3 is 6.09 Å². The highest BCUT2D eigenvalue weighted by atomic mass is 32.2. The number of benzene rings is 1. The van der Waals surface area contributed by atoms with E-state index in [1.165, 1.54) is 4.90 Å². The number of carbonyl (C=O) groups excluding carboxylic acids is 4. The van der Waals surface area contributed by atoms with Gasteiger partial charge in [-0.2, -0.15) is 0 Å². The summed E-state index contributed by atoms with van der Waals surface area (Å²) in [5.41, 5.74) is -2.22. The van der Waals surface area contributed by atoms with E-state index in [0.29, 0.717) is 57.2 Å². The molecule has 2 saturated carbocycles. The van der Waals surface area contributed by atoms with Crippen LogP contribution in [0.2, 0.25) is 0 Å². The van der Waals surface area contributed by atoms with E-state index < -0.39 is 67.9 Å². The fourth-order valence-electron chi connectivity index (χ4n) is 7.52. The van der Waals surface area contributed by atoms with Crippen LogP contribution in [-0.2, 0) is 29.1 Å². The van der Waals surface area contributed by atoms with Crippen molar-refractivity contribution in [1.82, 2.24) is 25.2 Å². The number of hydrogen-bond donors (Lipinski definition) is 3. The van der Waals surface area contributed by atoms with E-state index in [4.69, 9.17) is 9.47 Å². The topological polar surface area (TPSA) is 173 Å². The monoisotopic (exact) mass is 755 g/mol. The number of sulfonamides is 1. The maximum absolute atomic E-state index is 14.5. The zero-order valence-corrected chi connectivity index (χ0v) is 32.9. The van der Waals surface area contributed by atoms with Crippen LogP contribution >= 0.6 is 0 Å². The summed E-state index contributed by atoms with van der Waals surface area (Å²) in [4.78, 5) is 61.6. The van der Waals surface area contributed by atoms with E-state index in [9.17, 15) is 27.6 Å². The minimum atomic E-state index is -3.98. The highest BCUT2D eigenvalue weighted by Crippen LogP contribution is 2.50. The lowest BCUT2D eigenvalue weighted by atomic mass is 10.1. The Bertz CT molecular complexity index is 1770. The number of ether oxygens (including phenoxy) is 2. The highest BCUT2D eigenvalue weighted by molar-refractivity contribution is 7.91. The molecule has 292 valence electrons. The van der Waals surface area contributed by atoms with Gasteiger partial charge in [-0.25, -0.2) is 18.2 Å². The third kappa shape index (κ3) is 9.24. The first kappa shape index (κ1) is 40.2. The Morgan fingerprint density at radius 2 is 1.74 bits per heavy atom. The van der Waals surface area contributed by atoms with Crippen LogP contribution in [0.5, 0.6) is 5.88 Å². The van der Waals surface area contributed by atoms with Gasteiger partial charge in [-0.15, -0.1) is 0 Å². The molecule has 0 spiro atoms. The lowest BCUT2D eigenvalue weighted by Gasteiger charge is -2.30. The van der Waals surface area contributed by atoms with Crippen LogP contribution in [0.4, 0.5) is 4.79 Å². The normalized spacial score (nSPS) is 23.9. The second kappa shape index (κ2) is 16.2. The largest absolute Gasteiger partial charge is 0.472 e. The molecular formula is C39H57N5O8S. The molecule has 3 fully saturated rings. The molecule has 14 heteroatoms. The van der Waals surface area contributed by atoms with Crippen LogP contribution in [-0.4, -0.2) is 82.7 Å². The van der Waals surface area contributed by atoms with Gasteiger partial charge in [0.2, 0.25) is 27.7 Å². The van der Waals surface area contributed by atoms with Crippen LogP contribution in [0.15, 0.2) is 36.5 Å². The average molecular weight is 756 g/mol. The summed E-state index contributed by atoms with van der Waals surface area (Å²) in [6, 6.07) is 7.42. The van der Waals surface area contributed by atoms with E-state index in [1.807, 2.05) is 51.1 Å². The zero-order chi connectivity index (χ0) is 38.6. The van der Waals surface area contributed by atoms with Gasteiger partial charge in [-0.1, -0.05) is 71.1 Å². The number of carbonyl (C=O) groups is 4. The predicted molar refractivity (Wildman–Crippen MR) is 201 cm³/mol. The second-order valence-corrected chi connectivity index (χ2v) is 18.1. The number of fused-ring (bicyclic) bond motifs is 1. The van der Waals surface area contributed by atoms with Gasteiger partial charge < -0.3 is 25.0 Å². The third-order valence-electron chi connectivity index (χ3n) is 10.7. The summed E-state index contributed by atoms with van der Waals surface area (Å²) in [7, 11) is -3.98. The van der Waals surface area contributed by atoms with Crippen molar-refractivity contribution in [2.24, 2.45) is 5.92 Å². The van der Waals surface area contributed by atoms with Crippen LogP contribution in [0.1, 0.15) is 119 Å². The van der Waals surface area contributed by atoms with Gasteiger partial charge in [0.05, 0.1) is 11.3 Å². The van der Waals surface area contributed by atoms with Crippen LogP contribution in [0, 0.1) is 5.92 Å². The lowest BCUT2D eigenvalue weighted by molar-refractivity contribution is -0.141. The molecule has 2 aliphatic carbocycles. The van der Waals surface area contributed by atoms with E-state index >= 15 is 0 Å². The molecular weight excluding hydrogens is 699 g/mol. The first-order valence-electron chi connectivity index (χ1n) is 19.3. The molecule has 0 unspecified atom stereocenters. The molecule has 1 aromatic carbocycles. The Kier molecular flexibility index (Phi) is 12.3. The number of alkyl carbamates (subject to hydrolysis) is 1. The minimum absolute atomic E-state index is 0.0207. The van der Waals surface area contributed by atoms with E-state index in [-0.39, 0.29) is 18.9 Å². The Morgan fingerprint density at radius 3 is 2.40 bits per heavy atom. The average Bonchev–Trinajstić information content (AvgIpc) is 3.99. The number of amides is 4. The summed E-state index contributed by atoms with van der Waals surface area (Å²) in [6.45, 7) is 11.1. The van der Waals surface area contributed by atoms with E-state index in [2.05, 4.69) is 20.3 Å². The smallest absolute Gasteiger partial charge is 0.408 e. The fourth-order valence-corrected chi connectivity index (χ4v) is 9.28. The van der Waals surface area contributed by atoms with E-state index in [0.717, 1.165) is 30.0 Å². The summed E-state index contributed by atoms with van der Waals surface area (Å²) in [5, 5.41) is 7.38. The first-order chi connectivity index (χ1) is 25.1. The van der Waals surface area contributed by atoms with Gasteiger partial charge in [-0.3, -0.25) is 19.1 Å². The molecule has 0 bridgehead atoms. The second-order valence-electron chi connectivity index (χ2n) is 16.0. The maximum Gasteiger partial charge on any atom is 0.408 e. The molecule has 5 atom stereocenters. The highest BCUT2D eigenvalue weighted by Gasteiger charge is 2.64. The Labute approximate surface area is 313 Å². The zero-order valence-electron chi connectivity index (χ0n) is 32.0. The van der Waals surface area contributed by atoms with Crippen LogP contribution in [0.3, 0.4) is 0 Å². The summed E-state index contributed by atoms with van der Waals surface area (Å²) in [5.74, 6) is -1.68. The van der Waals surface area contributed by atoms with Gasteiger partial charge in [0, 0.05) is 18.0 Å². The van der Waals surface area contributed by atoms with Crippen LogP contribution in [0.25, 0.3) is 10.8 Å². The molecule has 3 aliphatic rings. The van der Waals surface area contributed by atoms with E-state index in [1.54, 1.807) is 27.0 Å². The van der Waals surface area contributed by atoms with Crippen molar-refractivity contribution in [2.75, 3.05) is 6.54 Å². The molecule has 1 aromatic heterocycles. The van der Waals surface area contributed by atoms with Crippen molar-refractivity contribution in [3.05, 3.63) is 36.5 Å². The standard InChI is InChI=1S/C39H57N5O8S/c1-7-10-15-27-24-39(27,35(47)43-53(49,50)38(19-9-3)20-21-38)42-32(45)31-23-28(51-33-29-16-13-12-14-26(29)18-22-40-33)25-44(31)34(46)30(17-11-8-2)41-36(48)52-37(4,5)6/h12-14,16,18,22,27-28,30-31H,7-11,15,17,19-21,23-25H2,1-6H3,(H,41,48)(H,42,45)(H,43,47)/t27-,28-,30+,31+,39-/m1/s1. The number of aromatic nitrogens is 1. The lowest BCUT2D eigenvalue weighted by Crippen LogP contribution is -2.59. The molecule has 1 saturated heterocycles. The van der Waals surface area contributed by atoms with Gasteiger partial charge in [-0.05, 0) is 82.7 Å². The molecule has 5 rings (SSSR count). The minimum Gasteiger partial charge on any atom is -0.472 e. The first-order valence-corrected chi connectivity index (χ1v) is 20.8. The predicted octanol–water partition coefficient (Wildman–Crippen LogP) is 5.51. The molecule has 0 radical (unpaired) electrons. The summed E-state index contributed by atoms with van der Waals surface area (Å²) < 4.78 is 40.2. The van der Waals surface area contributed by atoms with Crippen molar-refractivity contribution < 1.29 is 37.1 Å². The van der Waals surface area contributed by atoms with Crippen LogP contribution < -0.4 is 20.1 Å².